The summed E-state index contributed by atoms with van der Waals surface area (Å²) in [7, 11) is 1.16. The average molecular weight is 487 g/mol. The SMILES string of the molecule is COC(=O)c1ccc(C2=NOC(c3cc(Cl)cc(Cl)c3)(C(F)(F)F)C2)nc1C#CC(C)O. The fraction of sp³-hybridized carbons (Fsp3) is 0.286. The highest BCUT2D eigenvalue weighted by molar-refractivity contribution is 6.34. The van der Waals surface area contributed by atoms with E-state index in [-0.39, 0.29) is 38.3 Å². The molecule has 0 amide bonds. The molecule has 0 fully saturated rings. The van der Waals surface area contributed by atoms with Gasteiger partial charge in [-0.15, -0.1) is 0 Å². The van der Waals surface area contributed by atoms with Gasteiger partial charge >= 0.3 is 12.1 Å². The van der Waals surface area contributed by atoms with Crippen LogP contribution in [0.4, 0.5) is 13.2 Å². The molecule has 1 aliphatic rings. The number of aliphatic hydroxyl groups is 1. The molecule has 0 bridgehead atoms. The van der Waals surface area contributed by atoms with Crippen LogP contribution in [-0.4, -0.2) is 41.2 Å². The Balaban J connectivity index is 2.06. The van der Waals surface area contributed by atoms with Crippen LogP contribution in [0.1, 0.15) is 40.7 Å². The second kappa shape index (κ2) is 8.98. The highest BCUT2D eigenvalue weighted by Crippen LogP contribution is 2.49. The molecule has 1 aromatic carbocycles. The van der Waals surface area contributed by atoms with Crippen LogP contribution in [0.25, 0.3) is 0 Å². The maximum Gasteiger partial charge on any atom is 0.435 e. The van der Waals surface area contributed by atoms with Gasteiger partial charge in [0.25, 0.3) is 5.60 Å². The van der Waals surface area contributed by atoms with Crippen LogP contribution in [-0.2, 0) is 15.2 Å². The monoisotopic (exact) mass is 486 g/mol. The fourth-order valence-electron chi connectivity index (χ4n) is 2.99. The number of aromatic nitrogens is 1. The molecular weight excluding hydrogens is 472 g/mol. The van der Waals surface area contributed by atoms with E-state index in [1.807, 2.05) is 0 Å². The van der Waals surface area contributed by atoms with Crippen molar-refractivity contribution in [2.75, 3.05) is 7.11 Å². The molecule has 168 valence electrons. The predicted octanol–water partition coefficient (Wildman–Crippen LogP) is 4.49. The van der Waals surface area contributed by atoms with Gasteiger partial charge in [-0.1, -0.05) is 34.3 Å². The Bertz CT molecular complexity index is 1140. The number of carbonyl (C=O) groups is 1. The van der Waals surface area contributed by atoms with Gasteiger partial charge in [0, 0.05) is 15.6 Å². The van der Waals surface area contributed by atoms with Crippen molar-refractivity contribution in [2.24, 2.45) is 5.16 Å². The molecule has 2 aromatic rings. The third-order valence-electron chi connectivity index (χ3n) is 4.51. The van der Waals surface area contributed by atoms with Gasteiger partial charge in [0.05, 0.1) is 24.8 Å². The number of hydrogen-bond donors (Lipinski definition) is 1. The van der Waals surface area contributed by atoms with Gasteiger partial charge < -0.3 is 14.7 Å². The van der Waals surface area contributed by atoms with Crippen LogP contribution in [0, 0.1) is 11.8 Å². The summed E-state index contributed by atoms with van der Waals surface area (Å²) in [5, 5.41) is 13.0. The van der Waals surface area contributed by atoms with Crippen LogP contribution in [0.5, 0.6) is 0 Å². The minimum atomic E-state index is -4.87. The summed E-state index contributed by atoms with van der Waals surface area (Å²) >= 11 is 11.8. The number of halogens is 5. The second-order valence-electron chi connectivity index (χ2n) is 6.82. The number of carbonyl (C=O) groups excluding carboxylic acids is 1. The molecular formula is C21H15Cl2F3N2O4. The summed E-state index contributed by atoms with van der Waals surface area (Å²) in [5.41, 5.74) is -3.38. The first-order valence-electron chi connectivity index (χ1n) is 9.04. The van der Waals surface area contributed by atoms with Gasteiger partial charge in [0.1, 0.15) is 17.5 Å². The van der Waals surface area contributed by atoms with E-state index in [0.717, 1.165) is 19.2 Å². The quantitative estimate of drug-likeness (QED) is 0.510. The van der Waals surface area contributed by atoms with E-state index in [2.05, 4.69) is 26.7 Å². The van der Waals surface area contributed by atoms with Crippen molar-refractivity contribution >= 4 is 34.9 Å². The Kier molecular flexibility index (Phi) is 6.69. The first kappa shape index (κ1) is 23.9. The highest BCUT2D eigenvalue weighted by Gasteiger charge is 2.62. The summed E-state index contributed by atoms with van der Waals surface area (Å²) in [6.45, 7) is 1.40. The molecule has 0 saturated heterocycles. The number of rotatable bonds is 3. The average Bonchev–Trinajstić information content (AvgIpc) is 3.18. The molecule has 2 heterocycles. The van der Waals surface area contributed by atoms with Gasteiger partial charge in [0.15, 0.2) is 0 Å². The Morgan fingerprint density at radius 1 is 1.28 bits per heavy atom. The standard InChI is InChI=1S/C21H15Cl2F3N2O4/c1-11(29)3-5-16-15(19(30)31-2)4-6-17(27-16)18-10-20(32-28-18,21(24,25)26)12-7-13(22)9-14(23)8-12/h4,6-9,11,29H,10H2,1-2H3. The topological polar surface area (TPSA) is 81.0 Å². The highest BCUT2D eigenvalue weighted by atomic mass is 35.5. The van der Waals surface area contributed by atoms with E-state index in [9.17, 15) is 23.1 Å². The zero-order chi connectivity index (χ0) is 23.7. The normalized spacial score (nSPS) is 18.8. The molecule has 1 N–H and O–H groups in total. The van der Waals surface area contributed by atoms with Crippen LogP contribution < -0.4 is 0 Å². The minimum Gasteiger partial charge on any atom is -0.465 e. The van der Waals surface area contributed by atoms with Crippen molar-refractivity contribution in [2.45, 2.75) is 31.2 Å². The molecule has 1 aliphatic heterocycles. The smallest absolute Gasteiger partial charge is 0.435 e. The lowest BCUT2D eigenvalue weighted by atomic mass is 9.87. The van der Waals surface area contributed by atoms with E-state index < -0.39 is 30.3 Å². The Morgan fingerprint density at radius 2 is 1.94 bits per heavy atom. The van der Waals surface area contributed by atoms with Gasteiger partial charge in [-0.05, 0) is 43.2 Å². The third-order valence-corrected chi connectivity index (χ3v) is 4.95. The molecule has 2 atom stereocenters. The van der Waals surface area contributed by atoms with Crippen LogP contribution in [0.2, 0.25) is 10.0 Å². The first-order valence-corrected chi connectivity index (χ1v) is 9.80. The summed E-state index contributed by atoms with van der Waals surface area (Å²) in [6, 6.07) is 6.11. The van der Waals surface area contributed by atoms with Crippen molar-refractivity contribution in [1.82, 2.24) is 4.98 Å². The van der Waals surface area contributed by atoms with E-state index in [1.54, 1.807) is 0 Å². The lowest BCUT2D eigenvalue weighted by Crippen LogP contribution is -2.42. The number of oxime groups is 1. The van der Waals surface area contributed by atoms with E-state index >= 15 is 0 Å². The summed E-state index contributed by atoms with van der Waals surface area (Å²) in [5.74, 6) is 4.21. The van der Waals surface area contributed by atoms with Crippen molar-refractivity contribution in [3.8, 4) is 11.8 Å². The molecule has 0 radical (unpaired) electrons. The molecule has 0 aliphatic carbocycles. The molecule has 1 aromatic heterocycles. The van der Waals surface area contributed by atoms with E-state index in [1.165, 1.54) is 25.1 Å². The maximum atomic E-state index is 14.1. The number of nitrogens with zero attached hydrogens (tertiary/aromatic N) is 2. The molecule has 32 heavy (non-hydrogen) atoms. The maximum absolute atomic E-state index is 14.1. The van der Waals surface area contributed by atoms with Gasteiger partial charge in [-0.25, -0.2) is 9.78 Å². The van der Waals surface area contributed by atoms with Crippen LogP contribution >= 0.6 is 23.2 Å². The second-order valence-corrected chi connectivity index (χ2v) is 7.69. The summed E-state index contributed by atoms with van der Waals surface area (Å²) in [4.78, 5) is 21.1. The van der Waals surface area contributed by atoms with Gasteiger partial charge in [-0.3, -0.25) is 0 Å². The summed E-state index contributed by atoms with van der Waals surface area (Å²) in [6.07, 6.45) is -6.61. The van der Waals surface area contributed by atoms with Crippen molar-refractivity contribution in [3.63, 3.8) is 0 Å². The Hall–Kier alpha value is -2.80. The molecule has 2 unspecified atom stereocenters. The lowest BCUT2D eigenvalue weighted by Gasteiger charge is -2.29. The number of hydrogen-bond acceptors (Lipinski definition) is 6. The molecule has 6 nitrogen and oxygen atoms in total. The van der Waals surface area contributed by atoms with Gasteiger partial charge in [-0.2, -0.15) is 13.2 Å². The number of esters is 1. The van der Waals surface area contributed by atoms with E-state index in [4.69, 9.17) is 28.0 Å². The van der Waals surface area contributed by atoms with Crippen LogP contribution in [0.3, 0.4) is 0 Å². The number of aliphatic hydroxyl groups excluding tert-OH is 1. The third kappa shape index (κ3) is 4.67. The number of ether oxygens (including phenoxy) is 1. The fourth-order valence-corrected chi connectivity index (χ4v) is 3.52. The largest absolute Gasteiger partial charge is 0.465 e. The Labute approximate surface area is 190 Å². The predicted molar refractivity (Wildman–Crippen MR) is 111 cm³/mol. The molecule has 3 rings (SSSR count). The molecule has 0 saturated carbocycles. The van der Waals surface area contributed by atoms with E-state index in [0.29, 0.717) is 0 Å². The first-order chi connectivity index (χ1) is 15.0. The molecule has 11 heteroatoms. The zero-order valence-electron chi connectivity index (χ0n) is 16.6. The zero-order valence-corrected chi connectivity index (χ0v) is 18.1. The molecule has 0 spiro atoms. The van der Waals surface area contributed by atoms with Crippen molar-refractivity contribution in [3.05, 3.63) is 62.9 Å². The number of benzene rings is 1. The number of pyridine rings is 1. The van der Waals surface area contributed by atoms with Crippen molar-refractivity contribution in [1.29, 1.82) is 0 Å². The van der Waals surface area contributed by atoms with Crippen LogP contribution in [0.15, 0.2) is 35.5 Å². The minimum absolute atomic E-state index is 0.00409. The van der Waals surface area contributed by atoms with Crippen molar-refractivity contribution < 1.29 is 32.6 Å². The number of alkyl halides is 3. The Morgan fingerprint density at radius 3 is 2.50 bits per heavy atom. The number of methoxy groups -OCH3 is 1. The van der Waals surface area contributed by atoms with Gasteiger partial charge in [0.2, 0.25) is 0 Å². The summed E-state index contributed by atoms with van der Waals surface area (Å²) < 4.78 is 47.1. The lowest BCUT2D eigenvalue weighted by molar-refractivity contribution is -0.275.